The van der Waals surface area contributed by atoms with Crippen molar-refractivity contribution in [1.29, 1.82) is 0 Å². The lowest BCUT2D eigenvalue weighted by molar-refractivity contribution is -0.385. The van der Waals surface area contributed by atoms with Crippen LogP contribution in [0.3, 0.4) is 0 Å². The third-order valence-electron chi connectivity index (χ3n) is 4.70. The molecular weight excluding hydrogens is 412 g/mol. The average Bonchev–Trinajstić information content (AvgIpc) is 2.79. The van der Waals surface area contributed by atoms with E-state index in [0.29, 0.717) is 22.2 Å². The van der Waals surface area contributed by atoms with Crippen LogP contribution in [0, 0.1) is 17.0 Å². The highest BCUT2D eigenvalue weighted by molar-refractivity contribution is 5.86. The molecule has 0 spiro atoms. The van der Waals surface area contributed by atoms with Crippen molar-refractivity contribution in [2.45, 2.75) is 13.5 Å². The Hall–Kier alpha value is -4.53. The fraction of sp³-hybridized carbons (Fsp3) is 0.0870. The minimum absolute atomic E-state index is 0.0403. The van der Waals surface area contributed by atoms with Crippen LogP contribution in [0.25, 0.3) is 10.9 Å². The summed E-state index contributed by atoms with van der Waals surface area (Å²) in [6.07, 6.45) is 1.19. The first kappa shape index (κ1) is 20.7. The molecule has 32 heavy (non-hydrogen) atoms. The van der Waals surface area contributed by atoms with Crippen molar-refractivity contribution in [3.05, 3.63) is 104 Å². The number of para-hydroxylation sites is 2. The highest BCUT2D eigenvalue weighted by Gasteiger charge is 2.17. The summed E-state index contributed by atoms with van der Waals surface area (Å²) in [6.45, 7) is 1.62. The second-order valence-electron chi connectivity index (χ2n) is 6.99. The maximum absolute atomic E-state index is 13.1. The average molecular weight is 430 g/mol. The van der Waals surface area contributed by atoms with E-state index in [4.69, 9.17) is 4.74 Å². The number of aromatic hydroxyl groups is 1. The Kier molecular flexibility index (Phi) is 5.63. The van der Waals surface area contributed by atoms with Crippen LogP contribution < -0.4 is 10.3 Å². The molecule has 1 aromatic heterocycles. The van der Waals surface area contributed by atoms with Gasteiger partial charge in [0.05, 0.1) is 22.0 Å². The van der Waals surface area contributed by atoms with Crippen molar-refractivity contribution in [2.24, 2.45) is 5.10 Å². The highest BCUT2D eigenvalue weighted by Crippen LogP contribution is 2.30. The van der Waals surface area contributed by atoms with Gasteiger partial charge in [-0.05, 0) is 42.8 Å². The zero-order valence-electron chi connectivity index (χ0n) is 17.0. The summed E-state index contributed by atoms with van der Waals surface area (Å²) >= 11 is 0. The first-order chi connectivity index (χ1) is 15.4. The molecule has 0 bridgehead atoms. The molecule has 0 aliphatic carbocycles. The molecule has 0 aliphatic rings. The van der Waals surface area contributed by atoms with Gasteiger partial charge < -0.3 is 9.84 Å². The van der Waals surface area contributed by atoms with Crippen LogP contribution in [0.5, 0.6) is 11.5 Å². The highest BCUT2D eigenvalue weighted by atomic mass is 16.6. The molecule has 9 nitrogen and oxygen atoms in total. The molecule has 0 amide bonds. The van der Waals surface area contributed by atoms with Gasteiger partial charge in [-0.25, -0.2) is 4.98 Å². The van der Waals surface area contributed by atoms with E-state index in [9.17, 15) is 20.0 Å². The number of nitro groups is 1. The molecule has 4 rings (SSSR count). The SMILES string of the molecule is Cc1cc(C=Nn2c(COc3ccccc3)nc3ccccc3c2=O)c(O)c([N+](=O)[O-])c1. The predicted molar refractivity (Wildman–Crippen MR) is 119 cm³/mol. The molecule has 0 aliphatic heterocycles. The Balaban J connectivity index is 1.80. The first-order valence-electron chi connectivity index (χ1n) is 9.65. The van der Waals surface area contributed by atoms with E-state index < -0.39 is 21.9 Å². The van der Waals surface area contributed by atoms with Crippen molar-refractivity contribution in [1.82, 2.24) is 9.66 Å². The number of ether oxygens (including phenoxy) is 1. The van der Waals surface area contributed by atoms with Crippen molar-refractivity contribution in [3.8, 4) is 11.5 Å². The molecule has 0 radical (unpaired) electrons. The van der Waals surface area contributed by atoms with Crippen molar-refractivity contribution in [3.63, 3.8) is 0 Å². The number of fused-ring (bicyclic) bond motifs is 1. The molecule has 9 heteroatoms. The summed E-state index contributed by atoms with van der Waals surface area (Å²) in [5.74, 6) is 0.293. The second-order valence-corrected chi connectivity index (χ2v) is 6.99. The monoisotopic (exact) mass is 430 g/mol. The van der Waals surface area contributed by atoms with E-state index in [1.807, 2.05) is 18.2 Å². The second kappa shape index (κ2) is 8.68. The molecule has 0 unspecified atom stereocenters. The van der Waals surface area contributed by atoms with Gasteiger partial charge in [0.25, 0.3) is 5.56 Å². The van der Waals surface area contributed by atoms with Gasteiger partial charge in [-0.1, -0.05) is 30.3 Å². The van der Waals surface area contributed by atoms with E-state index in [1.165, 1.54) is 18.3 Å². The van der Waals surface area contributed by atoms with Crippen LogP contribution in [0.4, 0.5) is 5.69 Å². The number of phenolic OH excluding ortho intramolecular Hbond substituents is 1. The maximum Gasteiger partial charge on any atom is 0.311 e. The van der Waals surface area contributed by atoms with Crippen LogP contribution >= 0.6 is 0 Å². The number of hydrogen-bond donors (Lipinski definition) is 1. The molecule has 4 aromatic rings. The van der Waals surface area contributed by atoms with Gasteiger partial charge in [0, 0.05) is 11.6 Å². The zero-order valence-corrected chi connectivity index (χ0v) is 17.0. The van der Waals surface area contributed by atoms with Crippen molar-refractivity contribution >= 4 is 22.8 Å². The fourth-order valence-corrected chi connectivity index (χ4v) is 3.19. The normalized spacial score (nSPS) is 11.2. The Morgan fingerprint density at radius 3 is 2.62 bits per heavy atom. The standard InChI is InChI=1S/C23H18N4O5/c1-15-11-16(22(28)20(12-15)27(30)31)13-24-26-21(14-32-17-7-3-2-4-8-17)25-19-10-6-5-9-18(19)23(26)29/h2-13,28H,14H2,1H3. The molecule has 160 valence electrons. The number of aromatic nitrogens is 2. The minimum Gasteiger partial charge on any atom is -0.502 e. The number of phenols is 1. The summed E-state index contributed by atoms with van der Waals surface area (Å²) in [7, 11) is 0. The summed E-state index contributed by atoms with van der Waals surface area (Å²) in [4.78, 5) is 28.1. The predicted octanol–water partition coefficient (Wildman–Crippen LogP) is 3.78. The van der Waals surface area contributed by atoms with Crippen LogP contribution in [-0.4, -0.2) is 25.9 Å². The van der Waals surface area contributed by atoms with Crippen LogP contribution in [0.15, 0.2) is 76.6 Å². The molecule has 0 saturated heterocycles. The Labute approximate surface area is 182 Å². The lowest BCUT2D eigenvalue weighted by atomic mass is 10.1. The molecule has 0 fully saturated rings. The van der Waals surface area contributed by atoms with Crippen LogP contribution in [-0.2, 0) is 6.61 Å². The van der Waals surface area contributed by atoms with Crippen LogP contribution in [0.2, 0.25) is 0 Å². The number of benzene rings is 3. The number of nitrogens with zero attached hydrogens (tertiary/aromatic N) is 4. The van der Waals surface area contributed by atoms with E-state index in [-0.39, 0.29) is 18.0 Å². The third-order valence-corrected chi connectivity index (χ3v) is 4.70. The largest absolute Gasteiger partial charge is 0.502 e. The lowest BCUT2D eigenvalue weighted by Crippen LogP contribution is -2.23. The van der Waals surface area contributed by atoms with Gasteiger partial charge in [0.1, 0.15) is 12.4 Å². The van der Waals surface area contributed by atoms with Crippen molar-refractivity contribution < 1.29 is 14.8 Å². The third kappa shape index (κ3) is 4.17. The van der Waals surface area contributed by atoms with Crippen molar-refractivity contribution in [2.75, 3.05) is 0 Å². The molecule has 0 saturated carbocycles. The van der Waals surface area contributed by atoms with Gasteiger partial charge in [-0.3, -0.25) is 14.9 Å². The molecule has 1 heterocycles. The number of hydrogen-bond acceptors (Lipinski definition) is 7. The Bertz CT molecular complexity index is 1400. The summed E-state index contributed by atoms with van der Waals surface area (Å²) < 4.78 is 6.82. The zero-order chi connectivity index (χ0) is 22.7. The summed E-state index contributed by atoms with van der Waals surface area (Å²) in [5, 5.41) is 26.0. The summed E-state index contributed by atoms with van der Waals surface area (Å²) in [5.41, 5.74) is 0.284. The van der Waals surface area contributed by atoms with Crippen LogP contribution in [0.1, 0.15) is 17.0 Å². The van der Waals surface area contributed by atoms with Gasteiger partial charge in [0.15, 0.2) is 5.82 Å². The van der Waals surface area contributed by atoms with Gasteiger partial charge in [-0.15, -0.1) is 0 Å². The first-order valence-corrected chi connectivity index (χ1v) is 9.65. The smallest absolute Gasteiger partial charge is 0.311 e. The quantitative estimate of drug-likeness (QED) is 0.282. The van der Waals surface area contributed by atoms with E-state index >= 15 is 0 Å². The fourth-order valence-electron chi connectivity index (χ4n) is 3.19. The Morgan fingerprint density at radius 2 is 1.88 bits per heavy atom. The Morgan fingerprint density at radius 1 is 1.16 bits per heavy atom. The van der Waals surface area contributed by atoms with Gasteiger partial charge in [-0.2, -0.15) is 9.78 Å². The van der Waals surface area contributed by atoms with E-state index in [0.717, 1.165) is 4.68 Å². The minimum atomic E-state index is -0.678. The van der Waals surface area contributed by atoms with Gasteiger partial charge >= 0.3 is 5.69 Å². The molecule has 0 atom stereocenters. The molecular formula is C23H18N4O5. The topological polar surface area (TPSA) is 120 Å². The number of nitro benzene ring substituents is 1. The summed E-state index contributed by atoms with van der Waals surface area (Å²) in [6, 6.07) is 18.7. The molecule has 1 N–H and O–H groups in total. The van der Waals surface area contributed by atoms with Gasteiger partial charge in [0.2, 0.25) is 5.75 Å². The maximum atomic E-state index is 13.1. The number of aryl methyl sites for hydroxylation is 1. The number of rotatable bonds is 6. The molecule has 3 aromatic carbocycles. The van der Waals surface area contributed by atoms with E-state index in [1.54, 1.807) is 43.3 Å². The lowest BCUT2D eigenvalue weighted by Gasteiger charge is -2.11. The van der Waals surface area contributed by atoms with E-state index in [2.05, 4.69) is 10.1 Å².